The van der Waals surface area contributed by atoms with Gasteiger partial charge in [-0.25, -0.2) is 0 Å². The second kappa shape index (κ2) is 8.29. The number of ether oxygens (including phenoxy) is 2. The van der Waals surface area contributed by atoms with Crippen LogP contribution in [-0.4, -0.2) is 17.6 Å². The van der Waals surface area contributed by atoms with Crippen molar-refractivity contribution in [1.82, 2.24) is 0 Å². The predicted octanol–water partition coefficient (Wildman–Crippen LogP) is 3.95. The van der Waals surface area contributed by atoms with Gasteiger partial charge < -0.3 is 14.6 Å². The summed E-state index contributed by atoms with van der Waals surface area (Å²) in [6.45, 7) is 2.13. The van der Waals surface area contributed by atoms with Crippen LogP contribution in [0.2, 0.25) is 0 Å². The van der Waals surface area contributed by atoms with Gasteiger partial charge in [0.2, 0.25) is 5.90 Å². The molecule has 2 aromatic carbocycles. The van der Waals surface area contributed by atoms with Gasteiger partial charge in [-0.05, 0) is 36.8 Å². The molecule has 0 aromatic heterocycles. The van der Waals surface area contributed by atoms with E-state index < -0.39 is 6.10 Å². The Hall–Kier alpha value is -2.04. The number of nitrogens with one attached hydrogen (secondary N) is 1. The lowest BCUT2D eigenvalue weighted by Gasteiger charge is -2.14. The van der Waals surface area contributed by atoms with Crippen LogP contribution in [0.3, 0.4) is 0 Å². The second-order valence-corrected chi connectivity index (χ2v) is 4.19. The van der Waals surface area contributed by atoms with Crippen LogP contribution in [0, 0.1) is 5.41 Å². The van der Waals surface area contributed by atoms with Crippen molar-refractivity contribution in [3.05, 3.63) is 60.2 Å². The molecule has 2 aromatic rings. The van der Waals surface area contributed by atoms with Gasteiger partial charge in [0.25, 0.3) is 0 Å². The summed E-state index contributed by atoms with van der Waals surface area (Å²) in [6.07, 6.45) is -1.07. The first-order valence-electron chi connectivity index (χ1n) is 6.43. The van der Waals surface area contributed by atoms with Gasteiger partial charge >= 0.3 is 0 Å². The molecule has 0 spiro atoms. The molecule has 0 heterocycles. The van der Waals surface area contributed by atoms with Gasteiger partial charge in [0.15, 0.2) is 6.10 Å². The molecule has 1 unspecified atom stereocenters. The maximum absolute atomic E-state index is 10.0. The van der Waals surface area contributed by atoms with Crippen LogP contribution in [-0.2, 0) is 4.74 Å². The number of para-hydroxylation sites is 1. The Morgan fingerprint density at radius 1 is 1.10 bits per heavy atom. The summed E-state index contributed by atoms with van der Waals surface area (Å²) in [5.74, 6) is 1.17. The molecule has 0 aliphatic carbocycles. The summed E-state index contributed by atoms with van der Waals surface area (Å²) in [5.41, 5.74) is 0.567. The summed E-state index contributed by atoms with van der Waals surface area (Å²) in [4.78, 5) is 0. The number of aliphatic hydroxyl groups excluding tert-OH is 1. The zero-order valence-electron chi connectivity index (χ0n) is 11.7. The number of benzene rings is 2. The van der Waals surface area contributed by atoms with E-state index in [1.165, 1.54) is 0 Å². The van der Waals surface area contributed by atoms with E-state index in [2.05, 4.69) is 0 Å². The molecule has 0 saturated heterocycles. The van der Waals surface area contributed by atoms with Crippen LogP contribution in [0.15, 0.2) is 54.6 Å². The van der Waals surface area contributed by atoms with Crippen molar-refractivity contribution >= 4 is 18.3 Å². The first kappa shape index (κ1) is 17.0. The molecule has 2 rings (SSSR count). The maximum atomic E-state index is 10.0. The lowest BCUT2D eigenvalue weighted by atomic mass is 10.1. The molecular formula is C16H18ClNO3. The van der Waals surface area contributed by atoms with E-state index in [1.807, 2.05) is 30.3 Å². The lowest BCUT2D eigenvalue weighted by Crippen LogP contribution is -2.14. The Labute approximate surface area is 130 Å². The number of aliphatic hydroxyl groups is 1. The monoisotopic (exact) mass is 307 g/mol. The van der Waals surface area contributed by atoms with Gasteiger partial charge in [-0.3, -0.25) is 5.41 Å². The average Bonchev–Trinajstić information content (AvgIpc) is 2.48. The minimum absolute atomic E-state index is 0. The molecular weight excluding hydrogens is 290 g/mol. The van der Waals surface area contributed by atoms with Crippen LogP contribution in [0.25, 0.3) is 0 Å². The smallest absolute Gasteiger partial charge is 0.214 e. The van der Waals surface area contributed by atoms with E-state index in [1.54, 1.807) is 31.2 Å². The van der Waals surface area contributed by atoms with Crippen LogP contribution < -0.4 is 4.74 Å². The third-order valence-electron chi connectivity index (χ3n) is 2.70. The van der Waals surface area contributed by atoms with Gasteiger partial charge in [-0.1, -0.05) is 30.3 Å². The van der Waals surface area contributed by atoms with Crippen molar-refractivity contribution in [2.75, 3.05) is 6.61 Å². The Bertz CT molecular complexity index is 575. The fraction of sp³-hybridized carbons (Fsp3) is 0.188. The average molecular weight is 308 g/mol. The van der Waals surface area contributed by atoms with Crippen molar-refractivity contribution < 1.29 is 14.6 Å². The number of hydrogen-bond donors (Lipinski definition) is 2. The highest BCUT2D eigenvalue weighted by atomic mass is 35.5. The zero-order chi connectivity index (χ0) is 14.4. The SMILES string of the molecule is CCOC(=N)C(O)c1cccc(Oc2ccccc2)c1.Cl. The van der Waals surface area contributed by atoms with E-state index >= 15 is 0 Å². The molecule has 0 radical (unpaired) electrons. The van der Waals surface area contributed by atoms with Crippen LogP contribution in [0.1, 0.15) is 18.6 Å². The van der Waals surface area contributed by atoms with E-state index in [0.717, 1.165) is 5.75 Å². The van der Waals surface area contributed by atoms with Crippen molar-refractivity contribution in [3.8, 4) is 11.5 Å². The van der Waals surface area contributed by atoms with Crippen LogP contribution in [0.4, 0.5) is 0 Å². The summed E-state index contributed by atoms with van der Waals surface area (Å²) in [5, 5.41) is 17.6. The number of hydrogen-bond acceptors (Lipinski definition) is 4. The fourth-order valence-electron chi connectivity index (χ4n) is 1.76. The highest BCUT2D eigenvalue weighted by molar-refractivity contribution is 5.85. The van der Waals surface area contributed by atoms with E-state index in [-0.39, 0.29) is 18.3 Å². The summed E-state index contributed by atoms with van der Waals surface area (Å²) in [6, 6.07) is 16.4. The predicted molar refractivity (Wildman–Crippen MR) is 84.5 cm³/mol. The van der Waals surface area contributed by atoms with Crippen molar-refractivity contribution in [2.24, 2.45) is 0 Å². The largest absolute Gasteiger partial charge is 0.479 e. The topological polar surface area (TPSA) is 62.5 Å². The molecule has 4 nitrogen and oxygen atoms in total. The highest BCUT2D eigenvalue weighted by Crippen LogP contribution is 2.25. The molecule has 21 heavy (non-hydrogen) atoms. The molecule has 0 saturated carbocycles. The molecule has 5 heteroatoms. The normalized spacial score (nSPS) is 11.1. The van der Waals surface area contributed by atoms with Crippen molar-refractivity contribution in [3.63, 3.8) is 0 Å². The third-order valence-corrected chi connectivity index (χ3v) is 2.70. The number of halogens is 1. The first-order chi connectivity index (χ1) is 9.70. The van der Waals surface area contributed by atoms with Gasteiger partial charge in [0, 0.05) is 0 Å². The van der Waals surface area contributed by atoms with Gasteiger partial charge in [0.05, 0.1) is 6.61 Å². The molecule has 0 aliphatic heterocycles. The molecule has 0 fully saturated rings. The molecule has 0 bridgehead atoms. The molecule has 1 atom stereocenters. The lowest BCUT2D eigenvalue weighted by molar-refractivity contribution is 0.190. The van der Waals surface area contributed by atoms with E-state index in [0.29, 0.717) is 17.9 Å². The number of rotatable bonds is 5. The van der Waals surface area contributed by atoms with E-state index in [9.17, 15) is 5.11 Å². The first-order valence-corrected chi connectivity index (χ1v) is 6.43. The Morgan fingerprint density at radius 2 is 1.76 bits per heavy atom. The minimum atomic E-state index is -1.07. The fourth-order valence-corrected chi connectivity index (χ4v) is 1.76. The molecule has 0 aliphatic rings. The van der Waals surface area contributed by atoms with Crippen LogP contribution >= 0.6 is 12.4 Å². The third kappa shape index (κ3) is 4.77. The van der Waals surface area contributed by atoms with Gasteiger partial charge in [-0.15, -0.1) is 12.4 Å². The standard InChI is InChI=1S/C16H17NO3.ClH/c1-2-19-16(17)15(18)12-7-6-10-14(11-12)20-13-8-4-3-5-9-13;/h3-11,15,17-18H,2H2,1H3;1H. The van der Waals surface area contributed by atoms with Crippen molar-refractivity contribution in [1.29, 1.82) is 5.41 Å². The molecule has 2 N–H and O–H groups in total. The Kier molecular flexibility index (Phi) is 6.72. The van der Waals surface area contributed by atoms with Gasteiger partial charge in [-0.2, -0.15) is 0 Å². The van der Waals surface area contributed by atoms with Gasteiger partial charge in [0.1, 0.15) is 11.5 Å². The van der Waals surface area contributed by atoms with Crippen molar-refractivity contribution in [2.45, 2.75) is 13.0 Å². The minimum Gasteiger partial charge on any atom is -0.479 e. The molecule has 0 amide bonds. The Balaban J connectivity index is 0.00000220. The van der Waals surface area contributed by atoms with E-state index in [4.69, 9.17) is 14.9 Å². The molecule has 112 valence electrons. The second-order valence-electron chi connectivity index (χ2n) is 4.19. The summed E-state index contributed by atoms with van der Waals surface area (Å²) in [7, 11) is 0. The quantitative estimate of drug-likeness (QED) is 0.649. The maximum Gasteiger partial charge on any atom is 0.214 e. The Morgan fingerprint density at radius 3 is 2.43 bits per heavy atom. The van der Waals surface area contributed by atoms with Crippen LogP contribution in [0.5, 0.6) is 11.5 Å². The zero-order valence-corrected chi connectivity index (χ0v) is 12.5. The summed E-state index contributed by atoms with van der Waals surface area (Å²) >= 11 is 0. The summed E-state index contributed by atoms with van der Waals surface area (Å²) < 4.78 is 10.7. The highest BCUT2D eigenvalue weighted by Gasteiger charge is 2.15.